The minimum absolute atomic E-state index is 0.0198. The molecule has 0 saturated heterocycles. The van der Waals surface area contributed by atoms with Crippen molar-refractivity contribution >= 4 is 28.6 Å². The molecule has 7 N–H and O–H groups in total. The minimum atomic E-state index is -0.0198. The highest BCUT2D eigenvalue weighted by Gasteiger charge is 2.16. The number of aryl methyl sites for hydroxylation is 1. The molecule has 1 unspecified atom stereocenters. The monoisotopic (exact) mass is 356 g/mol. The Morgan fingerprint density at radius 3 is 2.69 bits per heavy atom. The van der Waals surface area contributed by atoms with E-state index in [1.807, 2.05) is 36.7 Å². The number of nitrogen functional groups attached to an aromatic ring is 2. The lowest BCUT2D eigenvalue weighted by Gasteiger charge is -2.10. The summed E-state index contributed by atoms with van der Waals surface area (Å²) >= 11 is 0. The molecule has 0 aliphatic carbocycles. The van der Waals surface area contributed by atoms with Gasteiger partial charge in [0.15, 0.2) is 17.0 Å². The van der Waals surface area contributed by atoms with E-state index in [0.717, 1.165) is 11.4 Å². The van der Waals surface area contributed by atoms with Crippen LogP contribution in [0.25, 0.3) is 11.2 Å². The van der Waals surface area contributed by atoms with Gasteiger partial charge < -0.3 is 31.8 Å². The van der Waals surface area contributed by atoms with E-state index in [4.69, 9.17) is 21.9 Å². The third kappa shape index (κ3) is 3.33. The maximum absolute atomic E-state index is 6.17. The number of hydrogen-bond donors (Lipinski definition) is 4. The Balaban J connectivity index is 1.98. The topological polar surface area (TPSA) is 143 Å². The largest absolute Gasteiger partial charge is 0.495 e. The number of para-hydroxylation sites is 1. The molecule has 1 atom stereocenters. The molecule has 0 bridgehead atoms. The van der Waals surface area contributed by atoms with Crippen LogP contribution in [-0.4, -0.2) is 39.2 Å². The van der Waals surface area contributed by atoms with Crippen molar-refractivity contribution in [1.29, 1.82) is 0 Å². The molecule has 3 rings (SSSR count). The van der Waals surface area contributed by atoms with E-state index in [9.17, 15) is 0 Å². The molecule has 9 nitrogen and oxygen atoms in total. The van der Waals surface area contributed by atoms with Gasteiger partial charge in [-0.05, 0) is 18.6 Å². The summed E-state index contributed by atoms with van der Waals surface area (Å²) in [6.45, 7) is 2.45. The number of methoxy groups -OCH3 is 1. The lowest BCUT2D eigenvalue weighted by atomic mass is 10.1. The van der Waals surface area contributed by atoms with Crippen LogP contribution in [0.2, 0.25) is 0 Å². The molecule has 0 fully saturated rings. The van der Waals surface area contributed by atoms with Gasteiger partial charge >= 0.3 is 0 Å². The number of fused-ring (bicyclic) bond motifs is 1. The number of anilines is 3. The van der Waals surface area contributed by atoms with E-state index in [1.165, 1.54) is 0 Å². The first-order valence-corrected chi connectivity index (χ1v) is 8.30. The molecule has 2 heterocycles. The van der Waals surface area contributed by atoms with Crippen molar-refractivity contribution in [2.45, 2.75) is 19.4 Å². The van der Waals surface area contributed by atoms with E-state index in [-0.39, 0.29) is 6.04 Å². The van der Waals surface area contributed by atoms with Gasteiger partial charge in [-0.2, -0.15) is 9.97 Å². The number of imidazole rings is 1. The van der Waals surface area contributed by atoms with Crippen LogP contribution in [0.5, 0.6) is 5.75 Å². The molecule has 0 radical (unpaired) electrons. The van der Waals surface area contributed by atoms with Crippen LogP contribution < -0.4 is 27.3 Å². The normalized spacial score (nSPS) is 12.3. The Morgan fingerprint density at radius 1 is 1.23 bits per heavy atom. The quantitative estimate of drug-likeness (QED) is 0.477. The van der Waals surface area contributed by atoms with Crippen molar-refractivity contribution in [3.8, 4) is 5.75 Å². The molecule has 0 aliphatic rings. The standard InChI is InChI=1S/C17H24N8O/c1-9(18)8-21-17-23-15(20)14-16(24-17)25(2)12(22-14)7-10-5-4-6-11(26-3)13(10)19/h4-6,9H,7-8,18-19H2,1-3H3,(H3,20,21,23,24). The molecular formula is C17H24N8O. The van der Waals surface area contributed by atoms with Crippen molar-refractivity contribution in [2.75, 3.05) is 30.4 Å². The van der Waals surface area contributed by atoms with E-state index in [0.29, 0.717) is 47.3 Å². The van der Waals surface area contributed by atoms with E-state index in [1.54, 1.807) is 7.11 Å². The Kier molecular flexibility index (Phi) is 4.81. The molecular weight excluding hydrogens is 332 g/mol. The van der Waals surface area contributed by atoms with Crippen molar-refractivity contribution < 1.29 is 4.74 Å². The second-order valence-electron chi connectivity index (χ2n) is 6.26. The van der Waals surface area contributed by atoms with Crippen LogP contribution in [0, 0.1) is 0 Å². The van der Waals surface area contributed by atoms with E-state index >= 15 is 0 Å². The SMILES string of the molecule is COc1cccc(Cc2nc3c(N)nc(NCC(C)N)nc3n2C)c1N. The summed E-state index contributed by atoms with van der Waals surface area (Å²) in [6.07, 6.45) is 0.526. The van der Waals surface area contributed by atoms with Gasteiger partial charge in [0.25, 0.3) is 0 Å². The number of nitrogens with two attached hydrogens (primary N) is 3. The van der Waals surface area contributed by atoms with Gasteiger partial charge in [0, 0.05) is 26.1 Å². The van der Waals surface area contributed by atoms with Crippen molar-refractivity contribution in [2.24, 2.45) is 12.8 Å². The smallest absolute Gasteiger partial charge is 0.226 e. The number of benzene rings is 1. The number of nitrogens with zero attached hydrogens (tertiary/aromatic N) is 4. The summed E-state index contributed by atoms with van der Waals surface area (Å²) in [5.74, 6) is 2.18. The second kappa shape index (κ2) is 7.04. The first kappa shape index (κ1) is 17.7. The maximum Gasteiger partial charge on any atom is 0.226 e. The molecule has 3 aromatic rings. The van der Waals surface area contributed by atoms with Crippen LogP contribution in [-0.2, 0) is 13.5 Å². The minimum Gasteiger partial charge on any atom is -0.495 e. The van der Waals surface area contributed by atoms with Crippen molar-refractivity contribution in [1.82, 2.24) is 19.5 Å². The van der Waals surface area contributed by atoms with Gasteiger partial charge in [0.2, 0.25) is 5.95 Å². The summed E-state index contributed by atoms with van der Waals surface area (Å²) in [4.78, 5) is 13.4. The number of ether oxygens (including phenoxy) is 1. The average molecular weight is 356 g/mol. The van der Waals surface area contributed by atoms with Gasteiger partial charge in [-0.25, -0.2) is 4.98 Å². The van der Waals surface area contributed by atoms with Gasteiger partial charge in [-0.3, -0.25) is 0 Å². The predicted octanol–water partition coefficient (Wildman–Crippen LogP) is 0.886. The Morgan fingerprint density at radius 2 is 2.00 bits per heavy atom. The molecule has 0 amide bonds. The van der Waals surface area contributed by atoms with E-state index in [2.05, 4.69) is 20.3 Å². The number of aromatic nitrogens is 4. The third-order valence-electron chi connectivity index (χ3n) is 4.15. The zero-order chi connectivity index (χ0) is 18.8. The highest BCUT2D eigenvalue weighted by atomic mass is 16.5. The van der Waals surface area contributed by atoms with Gasteiger partial charge in [-0.1, -0.05) is 12.1 Å². The highest BCUT2D eigenvalue weighted by Crippen LogP contribution is 2.28. The molecule has 9 heteroatoms. The maximum atomic E-state index is 6.17. The van der Waals surface area contributed by atoms with Gasteiger partial charge in [-0.15, -0.1) is 0 Å². The van der Waals surface area contributed by atoms with Crippen LogP contribution in [0.3, 0.4) is 0 Å². The fraction of sp³-hybridized carbons (Fsp3) is 0.353. The molecule has 0 spiro atoms. The number of hydrogen-bond acceptors (Lipinski definition) is 8. The average Bonchev–Trinajstić information content (AvgIpc) is 2.92. The van der Waals surface area contributed by atoms with Crippen LogP contribution >= 0.6 is 0 Å². The zero-order valence-electron chi connectivity index (χ0n) is 15.2. The molecule has 0 aliphatic heterocycles. The first-order chi connectivity index (χ1) is 12.4. The summed E-state index contributed by atoms with van der Waals surface area (Å²) in [5.41, 5.74) is 20.7. The summed E-state index contributed by atoms with van der Waals surface area (Å²) in [5, 5.41) is 3.08. The van der Waals surface area contributed by atoms with Crippen molar-refractivity contribution in [3.05, 3.63) is 29.6 Å². The third-order valence-corrected chi connectivity index (χ3v) is 4.15. The lowest BCUT2D eigenvalue weighted by molar-refractivity contribution is 0.416. The van der Waals surface area contributed by atoms with Crippen LogP contribution in [0.15, 0.2) is 18.2 Å². The molecule has 2 aromatic heterocycles. The van der Waals surface area contributed by atoms with Crippen LogP contribution in [0.4, 0.5) is 17.5 Å². The Hall–Kier alpha value is -3.07. The second-order valence-corrected chi connectivity index (χ2v) is 6.26. The van der Waals surface area contributed by atoms with Gasteiger partial charge in [0.1, 0.15) is 11.6 Å². The highest BCUT2D eigenvalue weighted by molar-refractivity contribution is 5.83. The summed E-state index contributed by atoms with van der Waals surface area (Å²) in [6, 6.07) is 5.65. The van der Waals surface area contributed by atoms with Crippen LogP contribution in [0.1, 0.15) is 18.3 Å². The molecule has 1 aromatic carbocycles. The predicted molar refractivity (Wildman–Crippen MR) is 103 cm³/mol. The Bertz CT molecular complexity index is 934. The molecule has 26 heavy (non-hydrogen) atoms. The van der Waals surface area contributed by atoms with Gasteiger partial charge in [0.05, 0.1) is 12.8 Å². The first-order valence-electron chi connectivity index (χ1n) is 8.30. The molecule has 0 saturated carbocycles. The Labute approximate surface area is 151 Å². The lowest BCUT2D eigenvalue weighted by Crippen LogP contribution is -2.26. The fourth-order valence-corrected chi connectivity index (χ4v) is 2.71. The number of nitrogens with one attached hydrogen (secondary N) is 1. The zero-order valence-corrected chi connectivity index (χ0v) is 15.2. The summed E-state index contributed by atoms with van der Waals surface area (Å²) in [7, 11) is 3.49. The molecule has 138 valence electrons. The summed E-state index contributed by atoms with van der Waals surface area (Å²) < 4.78 is 7.17. The fourth-order valence-electron chi connectivity index (χ4n) is 2.71. The van der Waals surface area contributed by atoms with Crippen molar-refractivity contribution in [3.63, 3.8) is 0 Å². The van der Waals surface area contributed by atoms with E-state index < -0.39 is 0 Å². The number of rotatable bonds is 6.